The van der Waals surface area contributed by atoms with Crippen LogP contribution in [0.5, 0.6) is 0 Å². The molecular weight excluding hydrogens is 356 g/mol. The van der Waals surface area contributed by atoms with E-state index in [4.69, 9.17) is 14.6 Å². The van der Waals surface area contributed by atoms with Crippen molar-refractivity contribution in [3.8, 4) is 0 Å². The molecule has 2 fully saturated rings. The van der Waals surface area contributed by atoms with Gasteiger partial charge in [0.25, 0.3) is 0 Å². The van der Waals surface area contributed by atoms with Crippen LogP contribution in [0.3, 0.4) is 0 Å². The van der Waals surface area contributed by atoms with E-state index in [1.54, 1.807) is 0 Å². The molecule has 0 heterocycles. The van der Waals surface area contributed by atoms with Crippen molar-refractivity contribution >= 4 is 29.7 Å². The van der Waals surface area contributed by atoms with Crippen molar-refractivity contribution in [2.45, 2.75) is 82.8 Å². The zero-order chi connectivity index (χ0) is 18.8. The van der Waals surface area contributed by atoms with Gasteiger partial charge < -0.3 is 14.6 Å². The van der Waals surface area contributed by atoms with E-state index < -0.39 is 23.8 Å². The molecule has 0 aromatic rings. The number of carbonyl (C=O) groups excluding carboxylic acids is 2. The van der Waals surface area contributed by atoms with Crippen LogP contribution in [-0.4, -0.2) is 46.7 Å². The van der Waals surface area contributed by atoms with Crippen molar-refractivity contribution < 1.29 is 29.0 Å². The van der Waals surface area contributed by atoms with Crippen molar-refractivity contribution in [3.63, 3.8) is 0 Å². The summed E-state index contributed by atoms with van der Waals surface area (Å²) in [6, 6.07) is 0. The lowest BCUT2D eigenvalue weighted by molar-refractivity contribution is -0.168. The van der Waals surface area contributed by atoms with Gasteiger partial charge in [-0.3, -0.25) is 14.4 Å². The van der Waals surface area contributed by atoms with Gasteiger partial charge in [0.2, 0.25) is 0 Å². The highest BCUT2D eigenvalue weighted by molar-refractivity contribution is 7.99. The topological polar surface area (TPSA) is 89.9 Å². The first kappa shape index (κ1) is 21.1. The monoisotopic (exact) mass is 386 g/mol. The second-order valence-corrected chi connectivity index (χ2v) is 8.31. The number of carboxylic acids is 1. The van der Waals surface area contributed by atoms with E-state index in [0.29, 0.717) is 5.75 Å². The van der Waals surface area contributed by atoms with Crippen LogP contribution in [0.4, 0.5) is 0 Å². The molecule has 0 aliphatic heterocycles. The van der Waals surface area contributed by atoms with E-state index >= 15 is 0 Å². The van der Waals surface area contributed by atoms with Crippen molar-refractivity contribution in [2.75, 3.05) is 11.5 Å². The van der Waals surface area contributed by atoms with Crippen LogP contribution in [0.25, 0.3) is 0 Å². The molecule has 0 amide bonds. The number of esters is 2. The molecule has 0 saturated heterocycles. The number of ether oxygens (including phenoxy) is 2. The Morgan fingerprint density at radius 3 is 1.73 bits per heavy atom. The Bertz CT molecular complexity index is 437. The SMILES string of the molecule is O=C(O)CCSCC(C(=O)OC1CCCCC1)C(=O)OC1CCCCC1. The Morgan fingerprint density at radius 1 is 0.846 bits per heavy atom. The van der Waals surface area contributed by atoms with Crippen LogP contribution < -0.4 is 0 Å². The van der Waals surface area contributed by atoms with Gasteiger partial charge in [0.1, 0.15) is 12.2 Å². The third-order valence-electron chi connectivity index (χ3n) is 4.98. The lowest BCUT2D eigenvalue weighted by Gasteiger charge is -2.26. The number of aliphatic carboxylic acids is 1. The standard InChI is InChI=1S/C19H30O6S/c20-17(21)11-12-26-13-16(18(22)24-14-7-3-1-4-8-14)19(23)25-15-9-5-2-6-10-15/h14-16H,1-13H2,(H,20,21). The first-order valence-corrected chi connectivity index (χ1v) is 10.9. The molecule has 0 atom stereocenters. The van der Waals surface area contributed by atoms with E-state index in [-0.39, 0.29) is 24.4 Å². The molecule has 148 valence electrons. The quantitative estimate of drug-likeness (QED) is 0.368. The lowest BCUT2D eigenvalue weighted by atomic mass is 9.97. The maximum atomic E-state index is 12.6. The molecule has 0 bridgehead atoms. The predicted octanol–water partition coefficient (Wildman–Crippen LogP) is 3.56. The van der Waals surface area contributed by atoms with Crippen molar-refractivity contribution in [3.05, 3.63) is 0 Å². The van der Waals surface area contributed by atoms with Gasteiger partial charge in [-0.1, -0.05) is 12.8 Å². The summed E-state index contributed by atoms with van der Waals surface area (Å²) in [5, 5.41) is 8.73. The molecule has 1 N–H and O–H groups in total. The fourth-order valence-electron chi connectivity index (χ4n) is 3.45. The number of hydrogen-bond acceptors (Lipinski definition) is 6. The second-order valence-electron chi connectivity index (χ2n) is 7.17. The molecule has 0 radical (unpaired) electrons. The minimum Gasteiger partial charge on any atom is -0.481 e. The molecule has 2 aliphatic rings. The Balaban J connectivity index is 1.88. The molecule has 2 aliphatic carbocycles. The highest BCUT2D eigenvalue weighted by atomic mass is 32.2. The molecule has 2 saturated carbocycles. The van der Waals surface area contributed by atoms with Gasteiger partial charge in [-0.05, 0) is 51.4 Å². The summed E-state index contributed by atoms with van der Waals surface area (Å²) < 4.78 is 11.1. The van der Waals surface area contributed by atoms with Gasteiger partial charge >= 0.3 is 17.9 Å². The summed E-state index contributed by atoms with van der Waals surface area (Å²) >= 11 is 1.29. The summed E-state index contributed by atoms with van der Waals surface area (Å²) in [6.45, 7) is 0. The molecule has 0 unspecified atom stereocenters. The van der Waals surface area contributed by atoms with E-state index in [1.807, 2.05) is 0 Å². The van der Waals surface area contributed by atoms with E-state index in [1.165, 1.54) is 11.8 Å². The van der Waals surface area contributed by atoms with Gasteiger partial charge in [-0.2, -0.15) is 11.8 Å². The van der Waals surface area contributed by atoms with Gasteiger partial charge in [-0.25, -0.2) is 0 Å². The number of thioether (sulfide) groups is 1. The summed E-state index contributed by atoms with van der Waals surface area (Å²) in [6.07, 6.45) is 9.69. The number of carbonyl (C=O) groups is 3. The molecule has 0 aromatic carbocycles. The van der Waals surface area contributed by atoms with Crippen LogP contribution in [0.2, 0.25) is 0 Å². The molecular formula is C19H30O6S. The zero-order valence-corrected chi connectivity index (χ0v) is 16.1. The maximum Gasteiger partial charge on any atom is 0.321 e. The Kier molecular flexibility index (Phi) is 9.29. The van der Waals surface area contributed by atoms with Crippen molar-refractivity contribution in [1.29, 1.82) is 0 Å². The summed E-state index contributed by atoms with van der Waals surface area (Å²) in [5.74, 6) is -2.30. The first-order chi connectivity index (χ1) is 12.6. The molecule has 2 rings (SSSR count). The highest BCUT2D eigenvalue weighted by Crippen LogP contribution is 2.25. The molecule has 0 spiro atoms. The third kappa shape index (κ3) is 7.56. The van der Waals surface area contributed by atoms with Gasteiger partial charge in [-0.15, -0.1) is 0 Å². The number of carboxylic acid groups (broad SMARTS) is 1. The van der Waals surface area contributed by atoms with E-state index in [2.05, 4.69) is 0 Å². The minimum atomic E-state index is -0.961. The Labute approximate surface area is 159 Å². The van der Waals surface area contributed by atoms with Crippen LogP contribution in [-0.2, 0) is 23.9 Å². The predicted molar refractivity (Wildman–Crippen MR) is 99.0 cm³/mol. The average molecular weight is 387 g/mol. The Morgan fingerprint density at radius 2 is 1.31 bits per heavy atom. The van der Waals surface area contributed by atoms with Crippen molar-refractivity contribution in [1.82, 2.24) is 0 Å². The van der Waals surface area contributed by atoms with E-state index in [0.717, 1.165) is 64.2 Å². The zero-order valence-electron chi connectivity index (χ0n) is 15.3. The normalized spacial score (nSPS) is 19.3. The van der Waals surface area contributed by atoms with Gasteiger partial charge in [0.05, 0.1) is 6.42 Å². The fraction of sp³-hybridized carbons (Fsp3) is 0.842. The molecule has 26 heavy (non-hydrogen) atoms. The summed E-state index contributed by atoms with van der Waals surface area (Å²) in [7, 11) is 0. The molecule has 6 nitrogen and oxygen atoms in total. The van der Waals surface area contributed by atoms with E-state index in [9.17, 15) is 14.4 Å². The third-order valence-corrected chi connectivity index (χ3v) is 6.05. The van der Waals surface area contributed by atoms with Crippen LogP contribution in [0, 0.1) is 5.92 Å². The largest absolute Gasteiger partial charge is 0.481 e. The fourth-order valence-corrected chi connectivity index (χ4v) is 4.45. The maximum absolute atomic E-state index is 12.6. The second kappa shape index (κ2) is 11.5. The molecule has 0 aromatic heterocycles. The Hall–Kier alpha value is -1.24. The van der Waals surface area contributed by atoms with Gasteiger partial charge in [0, 0.05) is 11.5 Å². The minimum absolute atomic E-state index is 0.00668. The lowest BCUT2D eigenvalue weighted by Crippen LogP contribution is -2.35. The summed E-state index contributed by atoms with van der Waals surface area (Å²) in [5.41, 5.74) is 0. The number of rotatable bonds is 9. The highest BCUT2D eigenvalue weighted by Gasteiger charge is 2.33. The molecule has 7 heteroatoms. The van der Waals surface area contributed by atoms with Crippen LogP contribution in [0.1, 0.15) is 70.6 Å². The van der Waals surface area contributed by atoms with Crippen molar-refractivity contribution in [2.24, 2.45) is 5.92 Å². The van der Waals surface area contributed by atoms with Crippen LogP contribution >= 0.6 is 11.8 Å². The first-order valence-electron chi connectivity index (χ1n) is 9.77. The average Bonchev–Trinajstić information content (AvgIpc) is 2.63. The van der Waals surface area contributed by atoms with Gasteiger partial charge in [0.15, 0.2) is 5.92 Å². The van der Waals surface area contributed by atoms with Crippen LogP contribution in [0.15, 0.2) is 0 Å². The number of hydrogen-bond donors (Lipinski definition) is 1. The smallest absolute Gasteiger partial charge is 0.321 e. The summed E-state index contributed by atoms with van der Waals surface area (Å²) in [4.78, 5) is 35.8.